The Morgan fingerprint density at radius 1 is 1.25 bits per heavy atom. The number of hydrogen-bond acceptors (Lipinski definition) is 5. The van der Waals surface area contributed by atoms with Crippen molar-refractivity contribution in [2.24, 2.45) is 4.99 Å². The molecular weight excluding hydrogens is 375 g/mol. The Labute approximate surface area is 159 Å². The molecule has 2 aromatic rings. The van der Waals surface area contributed by atoms with E-state index in [2.05, 4.69) is 20.6 Å². The number of carbonyl (C=O) groups excluding carboxylic acids is 1. The quantitative estimate of drug-likeness (QED) is 0.781. The minimum atomic E-state index is -4.34. The summed E-state index contributed by atoms with van der Waals surface area (Å²) in [6, 6.07) is 6.78. The van der Waals surface area contributed by atoms with E-state index in [-0.39, 0.29) is 6.67 Å². The molecular formula is C18H20F3N5O2. The molecule has 0 radical (unpaired) electrons. The number of rotatable bonds is 4. The number of anilines is 1. The fourth-order valence-corrected chi connectivity index (χ4v) is 2.95. The number of aromatic nitrogens is 1. The molecule has 0 saturated carbocycles. The lowest BCUT2D eigenvalue weighted by Crippen LogP contribution is -2.46. The Kier molecular flexibility index (Phi) is 5.32. The second-order valence-corrected chi connectivity index (χ2v) is 6.41. The van der Waals surface area contributed by atoms with Crippen molar-refractivity contribution in [3.8, 4) is 0 Å². The van der Waals surface area contributed by atoms with Crippen molar-refractivity contribution >= 4 is 17.4 Å². The number of hydroxylamine groups is 1. The maximum Gasteiger partial charge on any atom is 0.407 e. The van der Waals surface area contributed by atoms with Crippen LogP contribution in [0.3, 0.4) is 0 Å². The molecule has 0 atom stereocenters. The lowest BCUT2D eigenvalue weighted by atomic mass is 10.1. The van der Waals surface area contributed by atoms with Crippen molar-refractivity contribution in [2.45, 2.75) is 20.0 Å². The van der Waals surface area contributed by atoms with Crippen LogP contribution >= 0.6 is 0 Å². The summed E-state index contributed by atoms with van der Waals surface area (Å²) in [5.74, 6) is 0.0281. The molecule has 0 saturated heterocycles. The fraction of sp³-hybridized carbons (Fsp3) is 0.333. The lowest BCUT2D eigenvalue weighted by Gasteiger charge is -2.31. The van der Waals surface area contributed by atoms with E-state index in [4.69, 9.17) is 0 Å². The van der Waals surface area contributed by atoms with Crippen LogP contribution in [0.4, 0.5) is 18.9 Å². The minimum absolute atomic E-state index is 0.147. The zero-order valence-electron chi connectivity index (χ0n) is 15.6. The number of amidine groups is 1. The molecule has 28 heavy (non-hydrogen) atoms. The van der Waals surface area contributed by atoms with Crippen LogP contribution < -0.4 is 15.8 Å². The number of hydrogen-bond donors (Lipinski definition) is 2. The van der Waals surface area contributed by atoms with Gasteiger partial charge in [0.05, 0.1) is 7.11 Å². The number of fused-ring (bicyclic) bond motifs is 1. The minimum Gasteiger partial charge on any atom is -0.338 e. The van der Waals surface area contributed by atoms with Gasteiger partial charge in [0.2, 0.25) is 0 Å². The summed E-state index contributed by atoms with van der Waals surface area (Å²) in [5.41, 5.74) is 5.42. The highest BCUT2D eigenvalue weighted by atomic mass is 19.4. The summed E-state index contributed by atoms with van der Waals surface area (Å²) in [4.78, 5) is 20.9. The molecule has 1 aromatic heterocycles. The van der Waals surface area contributed by atoms with Gasteiger partial charge in [0.1, 0.15) is 18.9 Å². The van der Waals surface area contributed by atoms with Crippen molar-refractivity contribution < 1.29 is 22.8 Å². The first kappa shape index (κ1) is 19.7. The number of aliphatic imine (C=N–C) groups is 1. The molecule has 1 aromatic carbocycles. The van der Waals surface area contributed by atoms with Crippen molar-refractivity contribution in [3.05, 3.63) is 52.8 Å². The maximum atomic E-state index is 12.9. The van der Waals surface area contributed by atoms with Gasteiger partial charge in [-0.1, -0.05) is 6.07 Å². The Morgan fingerprint density at radius 3 is 2.68 bits per heavy atom. The van der Waals surface area contributed by atoms with E-state index in [0.717, 1.165) is 16.1 Å². The molecule has 0 spiro atoms. The van der Waals surface area contributed by atoms with E-state index in [1.54, 1.807) is 37.4 Å². The summed E-state index contributed by atoms with van der Waals surface area (Å²) in [7, 11) is 1.34. The van der Waals surface area contributed by atoms with Gasteiger partial charge in [-0.05, 0) is 43.2 Å². The lowest BCUT2D eigenvalue weighted by molar-refractivity contribution is -0.122. The summed E-state index contributed by atoms with van der Waals surface area (Å²) in [5, 5.41) is 4.27. The monoisotopic (exact) mass is 395 g/mol. The van der Waals surface area contributed by atoms with Gasteiger partial charge in [-0.15, -0.1) is 0 Å². The van der Waals surface area contributed by atoms with Crippen LogP contribution in [0.2, 0.25) is 0 Å². The number of benzene rings is 1. The molecule has 0 bridgehead atoms. The summed E-state index contributed by atoms with van der Waals surface area (Å²) in [6.45, 7) is 2.41. The van der Waals surface area contributed by atoms with Gasteiger partial charge in [-0.25, -0.2) is 10.5 Å². The average Bonchev–Trinajstić information content (AvgIpc) is 3.00. The first-order valence-corrected chi connectivity index (χ1v) is 8.45. The zero-order chi connectivity index (χ0) is 20.5. The van der Waals surface area contributed by atoms with E-state index < -0.39 is 18.6 Å². The van der Waals surface area contributed by atoms with Gasteiger partial charge in [-0.2, -0.15) is 13.2 Å². The molecule has 0 fully saturated rings. The summed E-state index contributed by atoms with van der Waals surface area (Å²) < 4.78 is 40.0. The van der Waals surface area contributed by atoms with E-state index in [9.17, 15) is 18.0 Å². The number of carbonyl (C=O) groups is 1. The molecule has 1 aliphatic rings. The Hall–Kier alpha value is -3.01. The number of nitrogens with one attached hydrogen (secondary N) is 2. The molecule has 2 heterocycles. The van der Waals surface area contributed by atoms with Crippen LogP contribution in [0.15, 0.2) is 35.5 Å². The van der Waals surface area contributed by atoms with Crippen LogP contribution in [0.5, 0.6) is 0 Å². The van der Waals surface area contributed by atoms with Gasteiger partial charge in [0, 0.05) is 17.4 Å². The molecule has 1 aliphatic heterocycles. The SMILES string of the molecule is CONC(=O)c1ccc(C)c(NC2=NCN(CC(F)(F)F)n3ccc(C)c32)c1. The normalized spacial score (nSPS) is 13.8. The third-order valence-corrected chi connectivity index (χ3v) is 4.30. The van der Waals surface area contributed by atoms with Crippen LogP contribution in [-0.2, 0) is 4.84 Å². The zero-order valence-corrected chi connectivity index (χ0v) is 15.6. The number of nitrogens with zero attached hydrogens (tertiary/aromatic N) is 3. The van der Waals surface area contributed by atoms with Gasteiger partial charge in [0.25, 0.3) is 5.91 Å². The number of alkyl halides is 3. The second kappa shape index (κ2) is 7.55. The van der Waals surface area contributed by atoms with E-state index in [0.29, 0.717) is 22.8 Å². The molecule has 150 valence electrons. The smallest absolute Gasteiger partial charge is 0.338 e. The van der Waals surface area contributed by atoms with Crippen molar-refractivity contribution in [2.75, 3.05) is 30.6 Å². The van der Waals surface area contributed by atoms with Gasteiger partial charge < -0.3 is 5.32 Å². The third kappa shape index (κ3) is 4.11. The second-order valence-electron chi connectivity index (χ2n) is 6.41. The molecule has 2 N–H and O–H groups in total. The molecule has 1 amide bonds. The Balaban J connectivity index is 1.90. The highest BCUT2D eigenvalue weighted by molar-refractivity contribution is 6.09. The largest absolute Gasteiger partial charge is 0.407 e. The number of amides is 1. The van der Waals surface area contributed by atoms with Crippen molar-refractivity contribution in [1.82, 2.24) is 10.2 Å². The molecule has 0 aliphatic carbocycles. The molecule has 0 unspecified atom stereocenters. The van der Waals surface area contributed by atoms with Crippen molar-refractivity contribution in [1.29, 1.82) is 0 Å². The summed E-state index contributed by atoms with van der Waals surface area (Å²) >= 11 is 0. The Bertz CT molecular complexity index is 920. The highest BCUT2D eigenvalue weighted by Crippen LogP contribution is 2.24. The fourth-order valence-electron chi connectivity index (χ4n) is 2.95. The van der Waals surface area contributed by atoms with Crippen LogP contribution in [0.1, 0.15) is 27.2 Å². The number of halogens is 3. The van der Waals surface area contributed by atoms with Gasteiger partial charge in [0.15, 0.2) is 5.84 Å². The topological polar surface area (TPSA) is 70.9 Å². The summed E-state index contributed by atoms with van der Waals surface area (Å²) in [6.07, 6.45) is -2.75. The Morgan fingerprint density at radius 2 is 2.00 bits per heavy atom. The average molecular weight is 395 g/mol. The van der Waals surface area contributed by atoms with Gasteiger partial charge in [-0.3, -0.25) is 19.3 Å². The van der Waals surface area contributed by atoms with Crippen LogP contribution in [0.25, 0.3) is 0 Å². The van der Waals surface area contributed by atoms with Crippen molar-refractivity contribution in [3.63, 3.8) is 0 Å². The predicted molar refractivity (Wildman–Crippen MR) is 99.0 cm³/mol. The first-order valence-electron chi connectivity index (χ1n) is 8.45. The van der Waals surface area contributed by atoms with Gasteiger partial charge >= 0.3 is 6.18 Å². The van der Waals surface area contributed by atoms with Crippen LogP contribution in [0, 0.1) is 13.8 Å². The van der Waals surface area contributed by atoms with E-state index in [1.165, 1.54) is 11.8 Å². The predicted octanol–water partition coefficient (Wildman–Crippen LogP) is 2.73. The third-order valence-electron chi connectivity index (χ3n) is 4.30. The van der Waals surface area contributed by atoms with E-state index >= 15 is 0 Å². The molecule has 3 rings (SSSR count). The first-order chi connectivity index (χ1) is 13.2. The number of aryl methyl sites for hydroxylation is 2. The van der Waals surface area contributed by atoms with Crippen LogP contribution in [-0.4, -0.2) is 42.9 Å². The van der Waals surface area contributed by atoms with E-state index in [1.807, 2.05) is 6.92 Å². The molecule has 10 heteroatoms. The maximum absolute atomic E-state index is 12.9. The standard InChI is InChI=1S/C18H20F3N5O2/c1-11-4-5-13(17(27)24-28-3)8-14(11)23-16-15-12(2)6-7-26(15)25(10-22-16)9-18(19,20)21/h4-8H,9-10H2,1-3H3,(H,22,23)(H,24,27). The highest BCUT2D eigenvalue weighted by Gasteiger charge is 2.33. The molecule has 7 nitrogen and oxygen atoms in total.